The lowest BCUT2D eigenvalue weighted by molar-refractivity contribution is 0.185. The SMILES string of the molecule is CCC(CC)Oc1ccc(C2=CC[C@H](C3CCC(c4c(F)cccc4F)=N3)C(F)=C2)cn1. The number of aliphatic imine (C=N–C) groups is 1. The standard InChI is InChI=1S/C26H27F3N2O/c1-3-18(4-2)32-25-13-9-17(15-30-25)16-8-10-19(22(29)14-16)23-11-12-24(31-23)26-20(27)6-5-7-21(26)28/h5-9,13-15,18-19,23H,3-4,10-12H2,1-2H3/t19-,23?/m0/s1. The van der Waals surface area contributed by atoms with Gasteiger partial charge >= 0.3 is 0 Å². The molecule has 0 fully saturated rings. The van der Waals surface area contributed by atoms with Crippen LogP contribution in [0.5, 0.6) is 5.88 Å². The molecule has 0 saturated heterocycles. The molecule has 2 aromatic rings. The van der Waals surface area contributed by atoms with Crippen molar-refractivity contribution >= 4 is 11.3 Å². The summed E-state index contributed by atoms with van der Waals surface area (Å²) in [7, 11) is 0. The summed E-state index contributed by atoms with van der Waals surface area (Å²) in [6.45, 7) is 4.15. The lowest BCUT2D eigenvalue weighted by Gasteiger charge is -2.22. The molecule has 1 unspecified atom stereocenters. The summed E-state index contributed by atoms with van der Waals surface area (Å²) in [6.07, 6.45) is 8.63. The van der Waals surface area contributed by atoms with Crippen molar-refractivity contribution in [2.75, 3.05) is 0 Å². The van der Waals surface area contributed by atoms with Gasteiger partial charge in [0, 0.05) is 29.5 Å². The van der Waals surface area contributed by atoms with Gasteiger partial charge in [-0.05, 0) is 62.0 Å². The molecule has 6 heteroatoms. The Morgan fingerprint density at radius 3 is 2.44 bits per heavy atom. The fourth-order valence-corrected chi connectivity index (χ4v) is 4.34. The van der Waals surface area contributed by atoms with Crippen LogP contribution in [0.4, 0.5) is 13.2 Å². The molecule has 1 aliphatic heterocycles. The summed E-state index contributed by atoms with van der Waals surface area (Å²) in [5.41, 5.74) is 1.88. The van der Waals surface area contributed by atoms with Crippen molar-refractivity contribution in [1.29, 1.82) is 0 Å². The van der Waals surface area contributed by atoms with Gasteiger partial charge in [0.15, 0.2) is 0 Å². The smallest absolute Gasteiger partial charge is 0.213 e. The summed E-state index contributed by atoms with van der Waals surface area (Å²) in [4.78, 5) is 8.87. The van der Waals surface area contributed by atoms with Gasteiger partial charge in [-0.2, -0.15) is 0 Å². The zero-order chi connectivity index (χ0) is 22.7. The molecule has 2 atom stereocenters. The van der Waals surface area contributed by atoms with E-state index in [0.29, 0.717) is 30.9 Å². The number of hydrogen-bond acceptors (Lipinski definition) is 3. The first-order valence-electron chi connectivity index (χ1n) is 11.2. The summed E-state index contributed by atoms with van der Waals surface area (Å²) in [5.74, 6) is -1.37. The topological polar surface area (TPSA) is 34.5 Å². The predicted octanol–water partition coefficient (Wildman–Crippen LogP) is 6.84. The number of benzene rings is 1. The van der Waals surface area contributed by atoms with E-state index in [1.807, 2.05) is 18.2 Å². The van der Waals surface area contributed by atoms with E-state index < -0.39 is 17.6 Å². The van der Waals surface area contributed by atoms with Gasteiger partial charge in [-0.25, -0.2) is 18.2 Å². The summed E-state index contributed by atoms with van der Waals surface area (Å²) in [5, 5.41) is 0. The van der Waals surface area contributed by atoms with E-state index in [2.05, 4.69) is 23.8 Å². The van der Waals surface area contributed by atoms with E-state index >= 15 is 4.39 Å². The van der Waals surface area contributed by atoms with Crippen LogP contribution in [-0.2, 0) is 0 Å². The Balaban J connectivity index is 1.46. The molecular formula is C26H27F3N2O. The Kier molecular flexibility index (Phi) is 6.77. The monoisotopic (exact) mass is 440 g/mol. The minimum absolute atomic E-state index is 0.0896. The van der Waals surface area contributed by atoms with Crippen molar-refractivity contribution in [3.05, 3.63) is 77.3 Å². The molecule has 168 valence electrons. The van der Waals surface area contributed by atoms with Gasteiger partial charge in [0.1, 0.15) is 17.5 Å². The highest BCUT2D eigenvalue weighted by Crippen LogP contribution is 2.37. The van der Waals surface area contributed by atoms with Crippen molar-refractivity contribution in [2.45, 2.75) is 58.1 Å². The van der Waals surface area contributed by atoms with Crippen molar-refractivity contribution in [1.82, 2.24) is 4.98 Å². The third-order valence-corrected chi connectivity index (χ3v) is 6.22. The van der Waals surface area contributed by atoms with Gasteiger partial charge in [-0.3, -0.25) is 4.99 Å². The molecule has 0 amide bonds. The first-order chi connectivity index (χ1) is 15.5. The fraction of sp³-hybridized carbons (Fsp3) is 0.385. The lowest BCUT2D eigenvalue weighted by Crippen LogP contribution is -2.18. The van der Waals surface area contributed by atoms with E-state index in [0.717, 1.165) is 24.0 Å². The van der Waals surface area contributed by atoms with Gasteiger partial charge in [-0.1, -0.05) is 26.0 Å². The fourth-order valence-electron chi connectivity index (χ4n) is 4.34. The number of aromatic nitrogens is 1. The minimum Gasteiger partial charge on any atom is -0.474 e. The first kappa shape index (κ1) is 22.3. The van der Waals surface area contributed by atoms with E-state index in [-0.39, 0.29) is 23.5 Å². The third kappa shape index (κ3) is 4.64. The number of ether oxygens (including phenoxy) is 1. The Hall–Kier alpha value is -2.89. The van der Waals surface area contributed by atoms with Crippen LogP contribution in [0.2, 0.25) is 0 Å². The first-order valence-corrected chi connectivity index (χ1v) is 11.2. The second kappa shape index (κ2) is 9.72. The van der Waals surface area contributed by atoms with Crippen LogP contribution < -0.4 is 4.74 Å². The number of nitrogens with zero attached hydrogens (tertiary/aromatic N) is 2. The molecule has 1 aromatic heterocycles. The van der Waals surface area contributed by atoms with Crippen molar-refractivity contribution in [3.63, 3.8) is 0 Å². The highest BCUT2D eigenvalue weighted by atomic mass is 19.1. The molecule has 4 rings (SSSR count). The lowest BCUT2D eigenvalue weighted by atomic mass is 9.86. The van der Waals surface area contributed by atoms with Crippen LogP contribution in [0, 0.1) is 17.6 Å². The maximum Gasteiger partial charge on any atom is 0.213 e. The van der Waals surface area contributed by atoms with Crippen molar-refractivity contribution in [3.8, 4) is 5.88 Å². The highest BCUT2D eigenvalue weighted by Gasteiger charge is 2.32. The molecule has 32 heavy (non-hydrogen) atoms. The van der Waals surface area contributed by atoms with Crippen LogP contribution >= 0.6 is 0 Å². The van der Waals surface area contributed by atoms with Crippen LogP contribution in [0.15, 0.2) is 59.5 Å². The van der Waals surface area contributed by atoms with Crippen LogP contribution in [0.3, 0.4) is 0 Å². The Morgan fingerprint density at radius 1 is 1.06 bits per heavy atom. The van der Waals surface area contributed by atoms with E-state index in [9.17, 15) is 8.78 Å². The average Bonchev–Trinajstić information content (AvgIpc) is 3.27. The summed E-state index contributed by atoms with van der Waals surface area (Å²) < 4.78 is 49.1. The molecule has 0 radical (unpaired) electrons. The molecule has 1 aliphatic carbocycles. The predicted molar refractivity (Wildman–Crippen MR) is 120 cm³/mol. The molecular weight excluding hydrogens is 413 g/mol. The van der Waals surface area contributed by atoms with Gasteiger partial charge in [0.2, 0.25) is 5.88 Å². The third-order valence-electron chi connectivity index (χ3n) is 6.22. The number of halogens is 3. The molecule has 0 N–H and O–H groups in total. The maximum absolute atomic E-state index is 15.0. The van der Waals surface area contributed by atoms with Gasteiger partial charge in [0.25, 0.3) is 0 Å². The Morgan fingerprint density at radius 2 is 1.81 bits per heavy atom. The van der Waals surface area contributed by atoms with E-state index in [1.54, 1.807) is 6.20 Å². The van der Waals surface area contributed by atoms with Gasteiger partial charge in [-0.15, -0.1) is 0 Å². The molecule has 2 aliphatic rings. The van der Waals surface area contributed by atoms with E-state index in [1.165, 1.54) is 24.3 Å². The van der Waals surface area contributed by atoms with Gasteiger partial charge < -0.3 is 4.74 Å². The normalized spacial score (nSPS) is 20.8. The zero-order valence-corrected chi connectivity index (χ0v) is 18.3. The number of allylic oxidation sites excluding steroid dienone is 3. The van der Waals surface area contributed by atoms with Crippen molar-refractivity contribution < 1.29 is 17.9 Å². The number of pyridine rings is 1. The van der Waals surface area contributed by atoms with E-state index in [4.69, 9.17) is 4.74 Å². The molecule has 0 spiro atoms. The van der Waals surface area contributed by atoms with Crippen LogP contribution in [0.1, 0.15) is 57.1 Å². The van der Waals surface area contributed by atoms with Gasteiger partial charge in [0.05, 0.1) is 17.7 Å². The minimum atomic E-state index is -0.629. The summed E-state index contributed by atoms with van der Waals surface area (Å²) >= 11 is 0. The van der Waals surface area contributed by atoms with Crippen LogP contribution in [-0.4, -0.2) is 22.8 Å². The molecule has 2 heterocycles. The highest BCUT2D eigenvalue weighted by molar-refractivity contribution is 6.02. The second-order valence-corrected chi connectivity index (χ2v) is 8.25. The summed E-state index contributed by atoms with van der Waals surface area (Å²) in [6, 6.07) is 7.14. The quantitative estimate of drug-likeness (QED) is 0.473. The molecule has 0 bridgehead atoms. The largest absolute Gasteiger partial charge is 0.474 e. The Labute approximate surface area is 186 Å². The van der Waals surface area contributed by atoms with Crippen molar-refractivity contribution in [2.24, 2.45) is 10.9 Å². The molecule has 0 saturated carbocycles. The van der Waals surface area contributed by atoms with Crippen LogP contribution in [0.25, 0.3) is 5.57 Å². The second-order valence-electron chi connectivity index (χ2n) is 8.25. The Bertz CT molecular complexity index is 1030. The molecule has 1 aromatic carbocycles. The maximum atomic E-state index is 15.0. The number of hydrogen-bond donors (Lipinski definition) is 0. The zero-order valence-electron chi connectivity index (χ0n) is 18.3. The molecule has 3 nitrogen and oxygen atoms in total. The average molecular weight is 441 g/mol. The number of rotatable bonds is 7.